The fourth-order valence-electron chi connectivity index (χ4n) is 21.9. The van der Waals surface area contributed by atoms with Gasteiger partial charge in [0.2, 0.25) is 0 Å². The maximum atomic E-state index is 7.15. The number of nitrogens with zero attached hydrogens (tertiary/aromatic N) is 1. The maximum absolute atomic E-state index is 7.15. The monoisotopic (exact) mass is 1430 g/mol. The lowest BCUT2D eigenvalue weighted by Gasteiger charge is -2.33. The number of benzene rings is 13. The molecule has 0 amide bonds. The Morgan fingerprint density at radius 1 is 0.300 bits per heavy atom. The van der Waals surface area contributed by atoms with Gasteiger partial charge in [0, 0.05) is 76.8 Å². The van der Waals surface area contributed by atoms with Crippen molar-refractivity contribution in [2.45, 2.75) is 187 Å². The van der Waals surface area contributed by atoms with Gasteiger partial charge in [-0.15, -0.1) is 0 Å². The Morgan fingerprint density at radius 3 is 1.35 bits per heavy atom. The largest absolute Gasteiger partial charge is 0.455 e. The summed E-state index contributed by atoms with van der Waals surface area (Å²) in [6.07, 6.45) is 15.5. The van der Waals surface area contributed by atoms with Crippen molar-refractivity contribution in [1.29, 1.82) is 0 Å². The first-order valence-corrected chi connectivity index (χ1v) is 41.2. The molecule has 3 nitrogen and oxygen atoms in total. The topological polar surface area (TPSA) is 29.5 Å². The van der Waals surface area contributed by atoms with Crippen LogP contribution < -0.4 is 4.90 Å². The van der Waals surface area contributed by atoms with Crippen molar-refractivity contribution in [3.05, 3.63) is 303 Å². The van der Waals surface area contributed by atoms with Gasteiger partial charge in [0.1, 0.15) is 22.3 Å². The van der Waals surface area contributed by atoms with Crippen LogP contribution in [-0.4, -0.2) is 0 Å². The summed E-state index contributed by atoms with van der Waals surface area (Å²) in [7, 11) is 0. The van der Waals surface area contributed by atoms with Crippen LogP contribution >= 0.6 is 0 Å². The first-order chi connectivity index (χ1) is 53.3. The second-order valence-corrected chi connectivity index (χ2v) is 35.4. The zero-order chi connectivity index (χ0) is 75.1. The number of anilines is 3. The highest BCUT2D eigenvalue weighted by molar-refractivity contribution is 6.22. The number of aryl methyl sites for hydroxylation is 2. The highest BCUT2D eigenvalue weighted by Crippen LogP contribution is 2.65. The van der Waals surface area contributed by atoms with E-state index in [-0.39, 0.29) is 27.1 Å². The van der Waals surface area contributed by atoms with E-state index < -0.39 is 0 Å². The molecule has 5 aliphatic carbocycles. The van der Waals surface area contributed by atoms with E-state index in [1.54, 1.807) is 11.1 Å². The van der Waals surface area contributed by atoms with E-state index in [2.05, 4.69) is 325 Å². The number of para-hydroxylation sites is 2. The number of unbranched alkanes of at least 4 members (excludes halogenated alkanes) is 8. The normalized spacial score (nSPS) is 15.5. The zero-order valence-corrected chi connectivity index (χ0v) is 66.3. The Morgan fingerprint density at radius 2 is 0.736 bits per heavy atom. The number of hydrogen-bond acceptors (Lipinski definition) is 3. The molecule has 13 aromatic carbocycles. The van der Waals surface area contributed by atoms with Crippen LogP contribution in [0, 0.1) is 13.8 Å². The number of fused-ring (bicyclic) bond motifs is 25. The SMILES string of the molecule is CCCCCCCC1(CCCCCCC)c2ccccc2-c2ccc(-c3ccc4c(c3)C(C)(C)c3cc(-c5ccc(-c6cc7c(c8c6oc6ccccc68)-c6ccc(N(c8ccc9c(c8)C(C)(C)c8c%10c(c%11oc%12ccccc%12c%11c8-9)-c8ccccc8C%10(C)C)c8ccc(C)cc8C)cc6C7(C)C)cc5)ccc3-4)cc21. The fraction of sp³-hybridized carbons (Fsp3) is 0.271. The van der Waals surface area contributed by atoms with Crippen LogP contribution in [0.5, 0.6) is 0 Å². The molecule has 2 heterocycles. The van der Waals surface area contributed by atoms with E-state index in [9.17, 15) is 0 Å². The molecule has 0 radical (unpaired) electrons. The summed E-state index contributed by atoms with van der Waals surface area (Å²) < 4.78 is 14.2. The minimum atomic E-state index is -0.378. The fourth-order valence-corrected chi connectivity index (χ4v) is 21.9. The molecular formula is C107H99NO2. The minimum absolute atomic E-state index is 0.0450. The van der Waals surface area contributed by atoms with E-state index in [1.165, 1.54) is 232 Å². The summed E-state index contributed by atoms with van der Waals surface area (Å²) >= 11 is 0. The van der Waals surface area contributed by atoms with Crippen LogP contribution in [0.4, 0.5) is 17.1 Å². The number of rotatable bonds is 18. The van der Waals surface area contributed by atoms with Crippen LogP contribution in [0.3, 0.4) is 0 Å². The van der Waals surface area contributed by atoms with Gasteiger partial charge in [-0.05, 0) is 233 Å². The smallest absolute Gasteiger partial charge is 0.144 e. The van der Waals surface area contributed by atoms with E-state index >= 15 is 0 Å². The molecule has 0 bridgehead atoms. The first-order valence-electron chi connectivity index (χ1n) is 41.2. The summed E-state index contributed by atoms with van der Waals surface area (Å²) in [4.78, 5) is 2.54. The molecule has 0 saturated carbocycles. The predicted molar refractivity (Wildman–Crippen MR) is 465 cm³/mol. The molecule has 0 N–H and O–H groups in total. The third-order valence-corrected chi connectivity index (χ3v) is 27.5. The Kier molecular flexibility index (Phi) is 15.7. The molecule has 0 saturated heterocycles. The minimum Gasteiger partial charge on any atom is -0.455 e. The average Bonchev–Trinajstić information content (AvgIpc) is 1.50. The maximum Gasteiger partial charge on any atom is 0.144 e. The van der Waals surface area contributed by atoms with E-state index in [4.69, 9.17) is 8.83 Å². The third-order valence-electron chi connectivity index (χ3n) is 27.5. The van der Waals surface area contributed by atoms with Crippen molar-refractivity contribution in [2.75, 3.05) is 4.90 Å². The summed E-state index contributed by atoms with van der Waals surface area (Å²) in [6.45, 7) is 28.7. The van der Waals surface area contributed by atoms with Gasteiger partial charge < -0.3 is 13.7 Å². The molecule has 544 valence electrons. The molecule has 0 unspecified atom stereocenters. The van der Waals surface area contributed by atoms with Gasteiger partial charge in [-0.2, -0.15) is 0 Å². The molecule has 3 heteroatoms. The lowest BCUT2D eigenvalue weighted by Crippen LogP contribution is -2.25. The summed E-state index contributed by atoms with van der Waals surface area (Å²) in [5, 5.41) is 4.71. The van der Waals surface area contributed by atoms with Crippen LogP contribution in [0.1, 0.15) is 213 Å². The van der Waals surface area contributed by atoms with Gasteiger partial charge in [0.25, 0.3) is 0 Å². The van der Waals surface area contributed by atoms with Crippen LogP contribution in [0.2, 0.25) is 0 Å². The number of furan rings is 2. The standard InChI is InChI=1S/C107H99NO2/c1-13-15-17-19-29-55-107(56-30-20-18-16-14-2)84-36-26-21-31-73(84)76-51-46-70(60-89(76)107)69-45-50-75-74-49-44-68(58-85(74)103(5,6)86(75)59-69)66-40-42-67(43-41-66)82-63-90-94(96-80-33-23-27-37-92(80)109-101(82)96)78-52-47-71(61-87(78)104(90,7)8)108(91-54-39-64(3)57-65(91)4)72-48-53-79-88(62-72)106(11,12)99-95(79)97-81-34-24-28-38-93(81)110-102(97)98-77-32-22-25-35-83(77)105(9,10)100(98)99/h21-28,31-54,57-63H,13-20,29-30,55-56H2,1-12H3. The second kappa shape index (κ2) is 25.1. The van der Waals surface area contributed by atoms with Crippen molar-refractivity contribution >= 4 is 60.9 Å². The first kappa shape index (κ1) is 68.5. The van der Waals surface area contributed by atoms with Crippen molar-refractivity contribution in [3.63, 3.8) is 0 Å². The Hall–Kier alpha value is -10.7. The molecule has 15 aromatic rings. The van der Waals surface area contributed by atoms with E-state index in [1.807, 2.05) is 0 Å². The highest BCUT2D eigenvalue weighted by Gasteiger charge is 2.50. The third kappa shape index (κ3) is 9.93. The van der Waals surface area contributed by atoms with E-state index in [0.29, 0.717) is 0 Å². The van der Waals surface area contributed by atoms with E-state index in [0.717, 1.165) is 50.2 Å². The molecule has 5 aliphatic rings. The van der Waals surface area contributed by atoms with Crippen molar-refractivity contribution in [3.8, 4) is 89.0 Å². The lowest BCUT2D eigenvalue weighted by atomic mass is 9.70. The Bertz CT molecular complexity index is 6330. The Balaban J connectivity index is 0.640. The van der Waals surface area contributed by atoms with Crippen LogP contribution in [-0.2, 0) is 27.1 Å². The van der Waals surface area contributed by atoms with Crippen molar-refractivity contribution in [2.24, 2.45) is 0 Å². The van der Waals surface area contributed by atoms with Gasteiger partial charge in [-0.1, -0.05) is 309 Å². The molecule has 0 atom stereocenters. The summed E-state index contributed by atoms with van der Waals surface area (Å²) in [5.74, 6) is 0. The quantitative estimate of drug-likeness (QED) is 0.0802. The zero-order valence-electron chi connectivity index (χ0n) is 66.3. The van der Waals surface area contributed by atoms with Gasteiger partial charge >= 0.3 is 0 Å². The van der Waals surface area contributed by atoms with Crippen LogP contribution in [0.25, 0.3) is 133 Å². The molecule has 0 spiro atoms. The van der Waals surface area contributed by atoms with Gasteiger partial charge in [0.15, 0.2) is 0 Å². The van der Waals surface area contributed by atoms with Crippen LogP contribution in [0.15, 0.2) is 245 Å². The lowest BCUT2D eigenvalue weighted by molar-refractivity contribution is 0.399. The molecule has 0 fully saturated rings. The van der Waals surface area contributed by atoms with Crippen molar-refractivity contribution < 1.29 is 8.83 Å². The molecule has 2 aromatic heterocycles. The van der Waals surface area contributed by atoms with Crippen molar-refractivity contribution in [1.82, 2.24) is 0 Å². The average molecular weight is 1430 g/mol. The van der Waals surface area contributed by atoms with Gasteiger partial charge in [0.05, 0.1) is 0 Å². The Labute approximate surface area is 650 Å². The highest BCUT2D eigenvalue weighted by atomic mass is 16.3. The molecule has 110 heavy (non-hydrogen) atoms. The van der Waals surface area contributed by atoms with Gasteiger partial charge in [-0.25, -0.2) is 0 Å². The van der Waals surface area contributed by atoms with Gasteiger partial charge in [-0.3, -0.25) is 0 Å². The predicted octanol–water partition coefficient (Wildman–Crippen LogP) is 30.8. The molecule has 0 aliphatic heterocycles. The molecular weight excluding hydrogens is 1330 g/mol. The number of hydrogen-bond donors (Lipinski definition) is 0. The molecule has 20 rings (SSSR count). The summed E-state index contributed by atoms with van der Waals surface area (Å²) in [6, 6.07) is 91.4. The second-order valence-electron chi connectivity index (χ2n) is 35.4. The summed E-state index contributed by atoms with van der Waals surface area (Å²) in [5.41, 5.74) is 43.2.